The highest BCUT2D eigenvalue weighted by Crippen LogP contribution is 2.45. The van der Waals surface area contributed by atoms with Gasteiger partial charge in [-0.05, 0) is 31.1 Å². The Morgan fingerprint density at radius 1 is 0.947 bits per heavy atom. The van der Waals surface area contributed by atoms with E-state index in [4.69, 9.17) is 14.2 Å². The van der Waals surface area contributed by atoms with Crippen LogP contribution in [0.3, 0.4) is 0 Å². The molecule has 4 heteroatoms. The van der Waals surface area contributed by atoms with Gasteiger partial charge in [0.25, 0.3) is 0 Å². The van der Waals surface area contributed by atoms with Crippen molar-refractivity contribution in [1.29, 1.82) is 0 Å². The van der Waals surface area contributed by atoms with Crippen molar-refractivity contribution in [2.75, 3.05) is 0 Å². The van der Waals surface area contributed by atoms with Crippen LogP contribution < -0.4 is 0 Å². The van der Waals surface area contributed by atoms with Gasteiger partial charge in [-0.3, -0.25) is 4.79 Å². The number of ether oxygens (including phenoxy) is 3. The van der Waals surface area contributed by atoms with Crippen molar-refractivity contribution in [2.24, 2.45) is 17.8 Å². The van der Waals surface area contributed by atoms with Crippen LogP contribution >= 0.6 is 0 Å². The molecule has 0 N–H and O–H groups in total. The van der Waals surface area contributed by atoms with Crippen LogP contribution in [0.2, 0.25) is 0 Å². The summed E-state index contributed by atoms with van der Waals surface area (Å²) in [4.78, 5) is 12.3. The first kappa shape index (κ1) is 12.2. The van der Waals surface area contributed by atoms with Gasteiger partial charge in [0.1, 0.15) is 6.10 Å². The monoisotopic (exact) mass is 266 g/mol. The van der Waals surface area contributed by atoms with E-state index in [0.29, 0.717) is 36.3 Å². The second-order valence-corrected chi connectivity index (χ2v) is 6.91. The fraction of sp³-hybridized carbons (Fsp3) is 0.933. The molecule has 4 rings (SSSR count). The Hall–Kier alpha value is -0.610. The van der Waals surface area contributed by atoms with Crippen molar-refractivity contribution in [3.8, 4) is 0 Å². The van der Waals surface area contributed by atoms with Gasteiger partial charge >= 0.3 is 5.97 Å². The second kappa shape index (κ2) is 4.19. The summed E-state index contributed by atoms with van der Waals surface area (Å²) in [6.07, 6.45) is 5.32. The standard InChI is InChI=1S/C15H22O4/c1-7-4-11-12(18-11)6-10(7)15(16)17-9-3-8(2)14-13(5-9)19-14/h7-14H,3-6H2,1-2H3. The lowest BCUT2D eigenvalue weighted by atomic mass is 9.80. The van der Waals surface area contributed by atoms with Gasteiger partial charge in [0.15, 0.2) is 0 Å². The lowest BCUT2D eigenvalue weighted by Crippen LogP contribution is -2.35. The SMILES string of the molecule is CC1CC2OC2CC1C(=O)OC1CC(C)C2OC2C1. The molecule has 4 aliphatic rings. The summed E-state index contributed by atoms with van der Waals surface area (Å²) in [6, 6.07) is 0. The number of hydrogen-bond donors (Lipinski definition) is 0. The van der Waals surface area contributed by atoms with Gasteiger partial charge < -0.3 is 14.2 Å². The third-order valence-corrected chi connectivity index (χ3v) is 5.36. The first-order valence-electron chi connectivity index (χ1n) is 7.63. The highest BCUT2D eigenvalue weighted by atomic mass is 16.6. The fourth-order valence-electron chi connectivity index (χ4n) is 4.03. The Morgan fingerprint density at radius 2 is 1.74 bits per heavy atom. The first-order chi connectivity index (χ1) is 9.11. The van der Waals surface area contributed by atoms with Crippen molar-refractivity contribution >= 4 is 5.97 Å². The van der Waals surface area contributed by atoms with Crippen LogP contribution in [0.25, 0.3) is 0 Å². The van der Waals surface area contributed by atoms with Crippen LogP contribution in [0.1, 0.15) is 39.5 Å². The van der Waals surface area contributed by atoms with Crippen molar-refractivity contribution in [3.63, 3.8) is 0 Å². The number of rotatable bonds is 2. The molecular formula is C15H22O4. The van der Waals surface area contributed by atoms with Crippen molar-refractivity contribution in [1.82, 2.24) is 0 Å². The average molecular weight is 266 g/mol. The molecule has 2 aliphatic carbocycles. The molecule has 0 amide bonds. The summed E-state index contributed by atoms with van der Waals surface area (Å²) in [6.45, 7) is 4.34. The molecule has 0 aromatic carbocycles. The number of hydrogen-bond acceptors (Lipinski definition) is 4. The van der Waals surface area contributed by atoms with E-state index < -0.39 is 0 Å². The quantitative estimate of drug-likeness (QED) is 0.566. The van der Waals surface area contributed by atoms with Crippen LogP contribution in [0.5, 0.6) is 0 Å². The van der Waals surface area contributed by atoms with Crippen LogP contribution in [-0.2, 0) is 19.0 Å². The molecule has 0 aromatic rings. The highest BCUT2D eigenvalue weighted by Gasteiger charge is 2.52. The maximum atomic E-state index is 12.3. The van der Waals surface area contributed by atoms with Crippen LogP contribution in [0.15, 0.2) is 0 Å². The molecule has 106 valence electrons. The minimum absolute atomic E-state index is 0.00208. The van der Waals surface area contributed by atoms with E-state index in [2.05, 4.69) is 13.8 Å². The molecule has 2 heterocycles. The number of carbonyl (C=O) groups is 1. The molecule has 0 spiro atoms. The summed E-state index contributed by atoms with van der Waals surface area (Å²) in [7, 11) is 0. The molecule has 2 aliphatic heterocycles. The Balaban J connectivity index is 1.35. The zero-order valence-electron chi connectivity index (χ0n) is 11.6. The minimum atomic E-state index is -0.00208. The number of carbonyl (C=O) groups excluding carboxylic acids is 1. The van der Waals surface area contributed by atoms with Gasteiger partial charge in [0.05, 0.1) is 30.3 Å². The van der Waals surface area contributed by atoms with Crippen molar-refractivity contribution in [3.05, 3.63) is 0 Å². The summed E-state index contributed by atoms with van der Waals surface area (Å²) in [5.41, 5.74) is 0. The molecule has 2 saturated heterocycles. The highest BCUT2D eigenvalue weighted by molar-refractivity contribution is 5.73. The molecule has 0 aromatic heterocycles. The summed E-state index contributed by atoms with van der Waals surface area (Å²) >= 11 is 0. The van der Waals surface area contributed by atoms with Gasteiger partial charge in [-0.2, -0.15) is 0 Å². The van der Waals surface area contributed by atoms with Crippen molar-refractivity contribution in [2.45, 2.75) is 70.1 Å². The molecule has 2 saturated carbocycles. The normalized spacial score (nSPS) is 54.8. The molecule has 4 nitrogen and oxygen atoms in total. The molecule has 0 bridgehead atoms. The number of epoxide rings is 2. The Labute approximate surface area is 113 Å². The number of esters is 1. The lowest BCUT2D eigenvalue weighted by molar-refractivity contribution is -0.158. The van der Waals surface area contributed by atoms with E-state index in [-0.39, 0.29) is 18.0 Å². The largest absolute Gasteiger partial charge is 0.462 e. The maximum Gasteiger partial charge on any atom is 0.309 e. The van der Waals surface area contributed by atoms with E-state index >= 15 is 0 Å². The Morgan fingerprint density at radius 3 is 2.53 bits per heavy atom. The fourth-order valence-corrected chi connectivity index (χ4v) is 4.03. The first-order valence-corrected chi connectivity index (χ1v) is 7.63. The molecule has 4 fully saturated rings. The van der Waals surface area contributed by atoms with Gasteiger partial charge in [0.2, 0.25) is 0 Å². The van der Waals surface area contributed by atoms with Crippen LogP contribution in [0.4, 0.5) is 0 Å². The average Bonchev–Trinajstić information content (AvgIpc) is 3.20. The zero-order valence-corrected chi connectivity index (χ0v) is 11.6. The zero-order chi connectivity index (χ0) is 13.1. The Kier molecular flexibility index (Phi) is 2.68. The van der Waals surface area contributed by atoms with E-state index in [1.165, 1.54) is 0 Å². The molecular weight excluding hydrogens is 244 g/mol. The molecule has 8 atom stereocenters. The summed E-state index contributed by atoms with van der Waals surface area (Å²) in [5, 5.41) is 0. The smallest absolute Gasteiger partial charge is 0.309 e. The van der Waals surface area contributed by atoms with E-state index in [0.717, 1.165) is 25.7 Å². The third-order valence-electron chi connectivity index (χ3n) is 5.36. The summed E-state index contributed by atoms with van der Waals surface area (Å²) < 4.78 is 16.9. The minimum Gasteiger partial charge on any atom is -0.462 e. The summed E-state index contributed by atoms with van der Waals surface area (Å²) in [5.74, 6) is 0.952. The van der Waals surface area contributed by atoms with E-state index in [1.54, 1.807) is 0 Å². The van der Waals surface area contributed by atoms with Crippen molar-refractivity contribution < 1.29 is 19.0 Å². The Bertz CT molecular complexity index is 396. The second-order valence-electron chi connectivity index (χ2n) is 6.91. The lowest BCUT2D eigenvalue weighted by Gasteiger charge is -2.29. The van der Waals surface area contributed by atoms with Crippen LogP contribution in [-0.4, -0.2) is 36.5 Å². The molecule has 0 radical (unpaired) electrons. The third kappa shape index (κ3) is 2.19. The van der Waals surface area contributed by atoms with Gasteiger partial charge in [-0.15, -0.1) is 0 Å². The molecule has 8 unspecified atom stereocenters. The molecule has 19 heavy (non-hydrogen) atoms. The van der Waals surface area contributed by atoms with E-state index in [9.17, 15) is 4.79 Å². The van der Waals surface area contributed by atoms with E-state index in [1.807, 2.05) is 0 Å². The van der Waals surface area contributed by atoms with Gasteiger partial charge in [0, 0.05) is 6.42 Å². The van der Waals surface area contributed by atoms with Gasteiger partial charge in [-0.1, -0.05) is 13.8 Å². The predicted molar refractivity (Wildman–Crippen MR) is 67.5 cm³/mol. The van der Waals surface area contributed by atoms with Gasteiger partial charge in [-0.25, -0.2) is 0 Å². The predicted octanol–water partition coefficient (Wildman–Crippen LogP) is 1.91. The topological polar surface area (TPSA) is 51.4 Å². The number of fused-ring (bicyclic) bond motifs is 2. The van der Waals surface area contributed by atoms with Crippen LogP contribution in [0, 0.1) is 17.8 Å². The maximum absolute atomic E-state index is 12.3.